The van der Waals surface area contributed by atoms with Crippen molar-refractivity contribution in [3.05, 3.63) is 63.7 Å². The summed E-state index contributed by atoms with van der Waals surface area (Å²) >= 11 is 6.16. The first-order valence-electron chi connectivity index (χ1n) is 7.00. The van der Waals surface area contributed by atoms with Crippen molar-refractivity contribution in [1.29, 1.82) is 0 Å². The Hall–Kier alpha value is -2.14. The minimum absolute atomic E-state index is 0.0515. The first-order valence-corrected chi connectivity index (χ1v) is 7.38. The van der Waals surface area contributed by atoms with Crippen LogP contribution in [0.2, 0.25) is 5.02 Å². The Morgan fingerprint density at radius 1 is 1.26 bits per heavy atom. The number of halogens is 3. The number of aryl methyl sites for hydroxylation is 1. The highest BCUT2D eigenvalue weighted by Gasteiger charge is 2.28. The molecule has 0 radical (unpaired) electrons. The molecule has 3 nitrogen and oxygen atoms in total. The van der Waals surface area contributed by atoms with Crippen LogP contribution < -0.4 is 4.74 Å². The number of benzene rings is 2. The summed E-state index contributed by atoms with van der Waals surface area (Å²) in [5.41, 5.74) is 1.33. The predicted molar refractivity (Wildman–Crippen MR) is 84.3 cm³/mol. The highest BCUT2D eigenvalue weighted by molar-refractivity contribution is 6.31. The fourth-order valence-electron chi connectivity index (χ4n) is 2.48. The van der Waals surface area contributed by atoms with Crippen molar-refractivity contribution in [2.24, 2.45) is 4.99 Å². The number of aliphatic imine (C=N–C) groups is 1. The van der Waals surface area contributed by atoms with Gasteiger partial charge >= 0.3 is 0 Å². The number of nitrogens with zero attached hydrogens (tertiary/aromatic N) is 1. The van der Waals surface area contributed by atoms with Crippen LogP contribution >= 0.6 is 11.6 Å². The third-order valence-electron chi connectivity index (χ3n) is 3.70. The van der Waals surface area contributed by atoms with E-state index in [0.717, 1.165) is 11.1 Å². The molecule has 1 unspecified atom stereocenters. The molecule has 0 aromatic heterocycles. The van der Waals surface area contributed by atoms with Crippen LogP contribution in [0.3, 0.4) is 0 Å². The molecule has 0 bridgehead atoms. The lowest BCUT2D eigenvalue weighted by molar-refractivity contribution is 0.313. The maximum atomic E-state index is 13.8. The van der Waals surface area contributed by atoms with Crippen molar-refractivity contribution < 1.29 is 18.3 Å². The molecule has 0 saturated heterocycles. The highest BCUT2D eigenvalue weighted by Crippen LogP contribution is 2.36. The van der Waals surface area contributed by atoms with E-state index in [0.29, 0.717) is 10.8 Å². The molecule has 0 amide bonds. The van der Waals surface area contributed by atoms with E-state index in [-0.39, 0.29) is 18.1 Å². The third kappa shape index (κ3) is 2.88. The zero-order valence-electron chi connectivity index (χ0n) is 12.6. The quantitative estimate of drug-likeness (QED) is 0.828. The Morgan fingerprint density at radius 3 is 2.61 bits per heavy atom. The van der Waals surface area contributed by atoms with Crippen LogP contribution in [0.25, 0.3) is 0 Å². The number of hydrogen-bond acceptors (Lipinski definition) is 3. The van der Waals surface area contributed by atoms with Gasteiger partial charge in [0.15, 0.2) is 0 Å². The third-order valence-corrected chi connectivity index (χ3v) is 4.10. The maximum absolute atomic E-state index is 13.8. The van der Waals surface area contributed by atoms with Crippen LogP contribution in [0.4, 0.5) is 8.78 Å². The Labute approximate surface area is 137 Å². The minimum atomic E-state index is -0.710. The molecule has 0 saturated carbocycles. The second-order valence-electron chi connectivity index (χ2n) is 5.20. The highest BCUT2D eigenvalue weighted by atomic mass is 35.5. The van der Waals surface area contributed by atoms with E-state index in [2.05, 4.69) is 4.99 Å². The summed E-state index contributed by atoms with van der Waals surface area (Å²) in [6.07, 6.45) is 0. The summed E-state index contributed by atoms with van der Waals surface area (Å²) in [6, 6.07) is 6.74. The van der Waals surface area contributed by atoms with Gasteiger partial charge in [-0.05, 0) is 36.8 Å². The minimum Gasteiger partial charge on any atom is -0.496 e. The Bertz CT molecular complexity index is 772. The van der Waals surface area contributed by atoms with Gasteiger partial charge in [-0.1, -0.05) is 17.7 Å². The number of methoxy groups -OCH3 is 1. The molecule has 6 heteroatoms. The fraction of sp³-hybridized carbons (Fsp3) is 0.235. The smallest absolute Gasteiger partial charge is 0.222 e. The second kappa shape index (κ2) is 6.16. The summed E-state index contributed by atoms with van der Waals surface area (Å²) in [7, 11) is 1.54. The van der Waals surface area contributed by atoms with Crippen molar-refractivity contribution in [3.8, 4) is 5.75 Å². The molecule has 2 aromatic carbocycles. The van der Waals surface area contributed by atoms with E-state index in [1.807, 2.05) is 6.92 Å². The predicted octanol–water partition coefficient (Wildman–Crippen LogP) is 4.45. The van der Waals surface area contributed by atoms with Gasteiger partial charge in [-0.25, -0.2) is 13.8 Å². The molecular weight excluding hydrogens is 324 g/mol. The van der Waals surface area contributed by atoms with Crippen molar-refractivity contribution in [2.45, 2.75) is 13.0 Å². The zero-order valence-corrected chi connectivity index (χ0v) is 13.3. The second-order valence-corrected chi connectivity index (χ2v) is 5.61. The summed E-state index contributed by atoms with van der Waals surface area (Å²) in [5.74, 6) is -0.861. The van der Waals surface area contributed by atoms with E-state index in [1.54, 1.807) is 19.2 Å². The fourth-order valence-corrected chi connectivity index (χ4v) is 2.65. The van der Waals surface area contributed by atoms with Crippen molar-refractivity contribution in [3.63, 3.8) is 0 Å². The van der Waals surface area contributed by atoms with Gasteiger partial charge in [0.25, 0.3) is 0 Å². The lowest BCUT2D eigenvalue weighted by Gasteiger charge is -2.13. The molecule has 3 rings (SSSR count). The van der Waals surface area contributed by atoms with Crippen molar-refractivity contribution in [2.75, 3.05) is 13.7 Å². The van der Waals surface area contributed by atoms with Gasteiger partial charge < -0.3 is 9.47 Å². The topological polar surface area (TPSA) is 30.8 Å². The molecule has 120 valence electrons. The van der Waals surface area contributed by atoms with E-state index < -0.39 is 17.7 Å². The molecule has 0 N–H and O–H groups in total. The van der Waals surface area contributed by atoms with Gasteiger partial charge in [-0.2, -0.15) is 0 Å². The average molecular weight is 338 g/mol. The van der Waals surface area contributed by atoms with Crippen molar-refractivity contribution in [1.82, 2.24) is 0 Å². The molecule has 23 heavy (non-hydrogen) atoms. The molecule has 1 aliphatic rings. The summed E-state index contributed by atoms with van der Waals surface area (Å²) < 4.78 is 38.5. The largest absolute Gasteiger partial charge is 0.496 e. The summed E-state index contributed by atoms with van der Waals surface area (Å²) in [4.78, 5) is 4.31. The lowest BCUT2D eigenvalue weighted by atomic mass is 10.0. The standard InChI is InChI=1S/C17H14ClF2NO2/c1-9-6-15(22-2)10(7-11(9)18)14-8-23-17(21-14)16-12(19)4-3-5-13(16)20/h3-7,14H,8H2,1-2H3. The van der Waals surface area contributed by atoms with E-state index in [9.17, 15) is 8.78 Å². The molecule has 0 fully saturated rings. The maximum Gasteiger partial charge on any atom is 0.222 e. The Morgan fingerprint density at radius 2 is 1.96 bits per heavy atom. The van der Waals surface area contributed by atoms with E-state index >= 15 is 0 Å². The first-order chi connectivity index (χ1) is 11.0. The Balaban J connectivity index is 2.02. The van der Waals surface area contributed by atoms with Crippen LogP contribution in [0.5, 0.6) is 5.75 Å². The molecule has 1 heterocycles. The molecule has 0 spiro atoms. The SMILES string of the molecule is COc1cc(C)c(Cl)cc1C1COC(c2c(F)cccc2F)=N1. The average Bonchev–Trinajstić information content (AvgIpc) is 2.98. The molecule has 1 atom stereocenters. The Kier molecular flexibility index (Phi) is 4.22. The molecule has 2 aromatic rings. The van der Waals surface area contributed by atoms with Gasteiger partial charge in [0.2, 0.25) is 5.90 Å². The van der Waals surface area contributed by atoms with Crippen LogP contribution in [-0.4, -0.2) is 19.6 Å². The van der Waals surface area contributed by atoms with Crippen LogP contribution in [0, 0.1) is 18.6 Å². The molecular formula is C17H14ClF2NO2. The van der Waals surface area contributed by atoms with Crippen LogP contribution in [0.1, 0.15) is 22.7 Å². The normalized spacial score (nSPS) is 16.9. The van der Waals surface area contributed by atoms with Gasteiger partial charge in [-0.15, -0.1) is 0 Å². The first kappa shape index (κ1) is 15.7. The van der Waals surface area contributed by atoms with E-state index in [1.165, 1.54) is 18.2 Å². The lowest BCUT2D eigenvalue weighted by Crippen LogP contribution is -2.07. The zero-order chi connectivity index (χ0) is 16.6. The van der Waals surface area contributed by atoms with Crippen LogP contribution in [-0.2, 0) is 4.74 Å². The molecule has 0 aliphatic carbocycles. The van der Waals surface area contributed by atoms with Gasteiger partial charge in [0.1, 0.15) is 35.6 Å². The monoisotopic (exact) mass is 337 g/mol. The van der Waals surface area contributed by atoms with Crippen LogP contribution in [0.15, 0.2) is 35.3 Å². The molecule has 1 aliphatic heterocycles. The number of hydrogen-bond donors (Lipinski definition) is 0. The van der Waals surface area contributed by atoms with Gasteiger partial charge in [0.05, 0.1) is 7.11 Å². The summed E-state index contributed by atoms with van der Waals surface area (Å²) in [5, 5.41) is 0.571. The summed E-state index contributed by atoms with van der Waals surface area (Å²) in [6.45, 7) is 2.03. The number of rotatable bonds is 3. The van der Waals surface area contributed by atoms with Crippen molar-refractivity contribution >= 4 is 17.5 Å². The van der Waals surface area contributed by atoms with E-state index in [4.69, 9.17) is 21.1 Å². The van der Waals surface area contributed by atoms with Gasteiger partial charge in [0, 0.05) is 10.6 Å². The van der Waals surface area contributed by atoms with Gasteiger partial charge in [-0.3, -0.25) is 0 Å². The number of ether oxygens (including phenoxy) is 2.